The Morgan fingerprint density at radius 2 is 2.12 bits per heavy atom. The Hall–Kier alpha value is -0.670. The van der Waals surface area contributed by atoms with Crippen molar-refractivity contribution in [1.29, 1.82) is 0 Å². The summed E-state index contributed by atoms with van der Waals surface area (Å²) in [6, 6.07) is 8.77. The van der Waals surface area contributed by atoms with Crippen molar-refractivity contribution in [3.63, 3.8) is 0 Å². The Morgan fingerprint density at radius 3 is 2.81 bits per heavy atom. The van der Waals surface area contributed by atoms with E-state index in [1.807, 2.05) is 13.3 Å². The van der Waals surface area contributed by atoms with Gasteiger partial charge in [-0.2, -0.15) is 0 Å². The van der Waals surface area contributed by atoms with Gasteiger partial charge in [0, 0.05) is 23.1 Å². The van der Waals surface area contributed by atoms with Gasteiger partial charge >= 0.3 is 0 Å². The van der Waals surface area contributed by atoms with Gasteiger partial charge in [0.1, 0.15) is 0 Å². The molecule has 3 unspecified atom stereocenters. The summed E-state index contributed by atoms with van der Waals surface area (Å²) in [6.07, 6.45) is 5.12. The number of benzene rings is 1. The topological polar surface area (TPSA) is 29.1 Å². The number of fused-ring (bicyclic) bond motifs is 1. The third kappa shape index (κ3) is 2.20. The van der Waals surface area contributed by atoms with E-state index in [0.29, 0.717) is 0 Å². The van der Waals surface area contributed by atoms with Gasteiger partial charge in [-0.25, -0.2) is 0 Å². The van der Waals surface area contributed by atoms with Crippen molar-refractivity contribution in [1.82, 2.24) is 5.32 Å². The molecule has 2 rings (SSSR count). The molecule has 88 valence electrons. The highest BCUT2D eigenvalue weighted by atomic mass is 32.2. The van der Waals surface area contributed by atoms with Crippen LogP contribution >= 0.6 is 0 Å². The third-order valence-corrected chi connectivity index (χ3v) is 4.79. The lowest BCUT2D eigenvalue weighted by atomic mass is 9.99. The zero-order chi connectivity index (χ0) is 11.5. The standard InChI is InChI=1S/C13H19NOS/c1-14-13-11-8-4-3-6-10(11)7-5-9-12(13)16(2)15/h3-4,6,8,12-14H,5,7,9H2,1-2H3. The molecule has 0 heterocycles. The zero-order valence-corrected chi connectivity index (χ0v) is 10.7. The third-order valence-electron chi connectivity index (χ3n) is 3.43. The Labute approximate surface area is 99.9 Å². The number of hydrogen-bond donors (Lipinski definition) is 1. The summed E-state index contributed by atoms with van der Waals surface area (Å²) in [7, 11) is 1.20. The number of rotatable bonds is 2. The average Bonchev–Trinajstić information content (AvgIpc) is 2.47. The Kier molecular flexibility index (Phi) is 3.77. The second-order valence-electron chi connectivity index (χ2n) is 4.39. The quantitative estimate of drug-likeness (QED) is 0.797. The van der Waals surface area contributed by atoms with Crippen molar-refractivity contribution in [3.05, 3.63) is 35.4 Å². The first-order chi connectivity index (χ1) is 7.74. The molecule has 1 N–H and O–H groups in total. The highest BCUT2D eigenvalue weighted by molar-refractivity contribution is 7.84. The highest BCUT2D eigenvalue weighted by Crippen LogP contribution is 2.31. The van der Waals surface area contributed by atoms with Crippen LogP contribution in [0.25, 0.3) is 0 Å². The molecule has 1 aromatic carbocycles. The van der Waals surface area contributed by atoms with E-state index < -0.39 is 10.8 Å². The SMILES string of the molecule is CNC1c2ccccc2CCCC1S(C)=O. The van der Waals surface area contributed by atoms with E-state index in [1.165, 1.54) is 11.1 Å². The smallest absolute Gasteiger partial charge is 0.0540 e. The molecule has 0 radical (unpaired) electrons. The van der Waals surface area contributed by atoms with Gasteiger partial charge in [-0.3, -0.25) is 4.21 Å². The predicted octanol–water partition coefficient (Wildman–Crippen LogP) is 2.03. The summed E-state index contributed by atoms with van der Waals surface area (Å²) in [4.78, 5) is 0. The van der Waals surface area contributed by atoms with Crippen LogP contribution in [0.1, 0.15) is 30.0 Å². The first kappa shape index (κ1) is 11.8. The zero-order valence-electron chi connectivity index (χ0n) is 9.90. The molecule has 0 bridgehead atoms. The monoisotopic (exact) mass is 237 g/mol. The van der Waals surface area contributed by atoms with E-state index >= 15 is 0 Å². The molecule has 0 aromatic heterocycles. The maximum Gasteiger partial charge on any atom is 0.0540 e. The van der Waals surface area contributed by atoms with E-state index in [0.717, 1.165) is 19.3 Å². The van der Waals surface area contributed by atoms with Gasteiger partial charge in [-0.1, -0.05) is 24.3 Å². The van der Waals surface area contributed by atoms with Crippen LogP contribution in [0, 0.1) is 0 Å². The maximum atomic E-state index is 11.8. The summed E-state index contributed by atoms with van der Waals surface area (Å²) in [5, 5.41) is 3.58. The summed E-state index contributed by atoms with van der Waals surface area (Å²) in [5.41, 5.74) is 2.75. The van der Waals surface area contributed by atoms with Gasteiger partial charge in [0.2, 0.25) is 0 Å². The molecule has 0 saturated heterocycles. The molecule has 16 heavy (non-hydrogen) atoms. The highest BCUT2D eigenvalue weighted by Gasteiger charge is 2.28. The molecule has 0 saturated carbocycles. The van der Waals surface area contributed by atoms with Crippen molar-refractivity contribution in [3.8, 4) is 0 Å². The summed E-state index contributed by atoms with van der Waals surface area (Å²) in [5.74, 6) is 0. The van der Waals surface area contributed by atoms with E-state index in [1.54, 1.807) is 0 Å². The Balaban J connectivity index is 2.41. The van der Waals surface area contributed by atoms with E-state index in [9.17, 15) is 4.21 Å². The fourth-order valence-electron chi connectivity index (χ4n) is 2.62. The lowest BCUT2D eigenvalue weighted by molar-refractivity contribution is 0.533. The molecular formula is C13H19NOS. The number of hydrogen-bond acceptors (Lipinski definition) is 2. The van der Waals surface area contributed by atoms with Crippen molar-refractivity contribution < 1.29 is 4.21 Å². The van der Waals surface area contributed by atoms with E-state index in [-0.39, 0.29) is 11.3 Å². The van der Waals surface area contributed by atoms with Gasteiger partial charge in [-0.05, 0) is 37.4 Å². The molecule has 0 spiro atoms. The van der Waals surface area contributed by atoms with Crippen LogP contribution in [0.4, 0.5) is 0 Å². The van der Waals surface area contributed by atoms with Crippen LogP contribution in [0.3, 0.4) is 0 Å². The van der Waals surface area contributed by atoms with E-state index in [2.05, 4.69) is 29.6 Å². The molecular weight excluding hydrogens is 218 g/mol. The van der Waals surface area contributed by atoms with Gasteiger partial charge < -0.3 is 5.32 Å². The van der Waals surface area contributed by atoms with Gasteiger partial charge in [0.25, 0.3) is 0 Å². The Morgan fingerprint density at radius 1 is 1.38 bits per heavy atom. The molecule has 2 nitrogen and oxygen atoms in total. The largest absolute Gasteiger partial charge is 0.312 e. The van der Waals surface area contributed by atoms with Gasteiger partial charge in [0.05, 0.1) is 5.25 Å². The summed E-state index contributed by atoms with van der Waals surface area (Å²) >= 11 is 0. The fourth-order valence-corrected chi connectivity index (χ4v) is 3.79. The lowest BCUT2D eigenvalue weighted by Crippen LogP contribution is -2.32. The van der Waals surface area contributed by atoms with Crippen LogP contribution in [0.2, 0.25) is 0 Å². The van der Waals surface area contributed by atoms with Crippen LogP contribution in [0.15, 0.2) is 24.3 Å². The number of nitrogens with one attached hydrogen (secondary N) is 1. The van der Waals surface area contributed by atoms with Crippen molar-refractivity contribution in [2.75, 3.05) is 13.3 Å². The maximum absolute atomic E-state index is 11.8. The van der Waals surface area contributed by atoms with Crippen molar-refractivity contribution in [2.24, 2.45) is 0 Å². The molecule has 1 aromatic rings. The normalized spacial score (nSPS) is 26.9. The van der Waals surface area contributed by atoms with Crippen LogP contribution in [0.5, 0.6) is 0 Å². The second-order valence-corrected chi connectivity index (χ2v) is 6.00. The lowest BCUT2D eigenvalue weighted by Gasteiger charge is -2.24. The minimum Gasteiger partial charge on any atom is -0.312 e. The van der Waals surface area contributed by atoms with Crippen LogP contribution in [-0.2, 0) is 17.2 Å². The Bertz CT molecular complexity index is 391. The molecule has 0 amide bonds. The number of aryl methyl sites for hydroxylation is 1. The van der Waals surface area contributed by atoms with Crippen molar-refractivity contribution in [2.45, 2.75) is 30.6 Å². The van der Waals surface area contributed by atoms with Crippen LogP contribution < -0.4 is 5.32 Å². The summed E-state index contributed by atoms with van der Waals surface area (Å²) < 4.78 is 11.8. The predicted molar refractivity (Wildman–Crippen MR) is 69.0 cm³/mol. The van der Waals surface area contributed by atoms with Gasteiger partial charge in [-0.15, -0.1) is 0 Å². The molecule has 3 heteroatoms. The minimum atomic E-state index is -0.763. The second kappa shape index (κ2) is 5.11. The molecule has 0 aliphatic heterocycles. The van der Waals surface area contributed by atoms with Crippen LogP contribution in [-0.4, -0.2) is 22.8 Å². The van der Waals surface area contributed by atoms with Gasteiger partial charge in [0.15, 0.2) is 0 Å². The van der Waals surface area contributed by atoms with Crippen molar-refractivity contribution >= 4 is 10.8 Å². The molecule has 1 aliphatic carbocycles. The average molecular weight is 237 g/mol. The first-order valence-corrected chi connectivity index (χ1v) is 7.43. The minimum absolute atomic E-state index is 0.240. The van der Waals surface area contributed by atoms with E-state index in [4.69, 9.17) is 0 Å². The molecule has 3 atom stereocenters. The first-order valence-electron chi connectivity index (χ1n) is 5.81. The fraction of sp³-hybridized carbons (Fsp3) is 0.538. The summed E-state index contributed by atoms with van der Waals surface area (Å²) in [6.45, 7) is 0. The molecule has 0 fully saturated rings. The molecule has 1 aliphatic rings.